The lowest BCUT2D eigenvalue weighted by Crippen LogP contribution is -1.90. The predicted octanol–water partition coefficient (Wildman–Crippen LogP) is 14.4. The van der Waals surface area contributed by atoms with Crippen molar-refractivity contribution in [3.8, 4) is 22.3 Å². The molecule has 0 bridgehead atoms. The Bertz CT molecular complexity index is 3060. The molecule has 0 spiro atoms. The Balaban J connectivity index is 1.17. The molecule has 0 nitrogen and oxygen atoms in total. The van der Waals surface area contributed by atoms with Gasteiger partial charge in [0, 0.05) is 40.3 Å². The monoisotopic (exact) mass is 642 g/mol. The summed E-state index contributed by atoms with van der Waals surface area (Å²) in [6.07, 6.45) is 0. The molecule has 0 aliphatic carbocycles. The molecule has 9 aromatic carbocycles. The fourth-order valence-corrected chi connectivity index (χ4v) is 10.4. The number of fused-ring (bicyclic) bond motifs is 11. The second kappa shape index (κ2) is 9.98. The molecule has 0 N–H and O–H groups in total. The van der Waals surface area contributed by atoms with Crippen LogP contribution in [0.2, 0.25) is 0 Å². The highest BCUT2D eigenvalue weighted by Crippen LogP contribution is 2.47. The summed E-state index contributed by atoms with van der Waals surface area (Å²) in [4.78, 5) is 0. The molecule has 0 aliphatic rings. The van der Waals surface area contributed by atoms with Gasteiger partial charge in [0.1, 0.15) is 0 Å². The van der Waals surface area contributed by atoms with Gasteiger partial charge in [0.2, 0.25) is 0 Å². The molecule has 0 amide bonds. The van der Waals surface area contributed by atoms with E-state index in [4.69, 9.17) is 0 Å². The second-order valence-corrected chi connectivity index (χ2v) is 15.0. The van der Waals surface area contributed by atoms with Gasteiger partial charge < -0.3 is 0 Å². The van der Waals surface area contributed by atoms with Crippen LogP contribution < -0.4 is 0 Å². The summed E-state index contributed by atoms with van der Waals surface area (Å²) < 4.78 is 5.38. The average Bonchev–Trinajstić information content (AvgIpc) is 3.70. The third-order valence-corrected chi connectivity index (χ3v) is 12.5. The number of benzene rings is 9. The van der Waals surface area contributed by atoms with Crippen LogP contribution in [0.1, 0.15) is 0 Å². The topological polar surface area (TPSA) is 0 Å². The molecule has 0 saturated heterocycles. The van der Waals surface area contributed by atoms with Crippen LogP contribution in [-0.2, 0) is 0 Å². The minimum atomic E-state index is 1.26. The zero-order chi connectivity index (χ0) is 31.3. The summed E-state index contributed by atoms with van der Waals surface area (Å²) in [5.41, 5.74) is 5.13. The molecule has 0 radical (unpaired) electrons. The fourth-order valence-electron chi connectivity index (χ4n) is 8.07. The molecule has 2 heterocycles. The number of thiophene rings is 2. The van der Waals surface area contributed by atoms with Gasteiger partial charge in [-0.3, -0.25) is 0 Å². The first-order chi connectivity index (χ1) is 23.8. The van der Waals surface area contributed by atoms with Crippen molar-refractivity contribution >= 4 is 106 Å². The van der Waals surface area contributed by atoms with E-state index in [2.05, 4.69) is 158 Å². The molecule has 2 heteroatoms. The molecule has 0 unspecified atom stereocenters. The van der Waals surface area contributed by atoms with Crippen molar-refractivity contribution in [1.82, 2.24) is 0 Å². The van der Waals surface area contributed by atoms with Gasteiger partial charge in [-0.15, -0.1) is 22.7 Å². The zero-order valence-corrected chi connectivity index (χ0v) is 27.5. The van der Waals surface area contributed by atoms with E-state index in [-0.39, 0.29) is 0 Å². The van der Waals surface area contributed by atoms with Gasteiger partial charge in [0.15, 0.2) is 0 Å². The molecule has 0 atom stereocenters. The van der Waals surface area contributed by atoms with Gasteiger partial charge in [0.05, 0.1) is 0 Å². The first-order valence-corrected chi connectivity index (χ1v) is 18.1. The quantitative estimate of drug-likeness (QED) is 0.165. The number of rotatable bonds is 2. The van der Waals surface area contributed by atoms with Crippen LogP contribution in [0.4, 0.5) is 0 Å². The molecular weight excluding hydrogens is 617 g/mol. The van der Waals surface area contributed by atoms with E-state index < -0.39 is 0 Å². The molecule has 11 rings (SSSR count). The minimum Gasteiger partial charge on any atom is -0.135 e. The largest absolute Gasteiger partial charge is 0.135 e. The van der Waals surface area contributed by atoms with Crippen LogP contribution in [0.25, 0.3) is 106 Å². The molecule has 11 aromatic rings. The summed E-state index contributed by atoms with van der Waals surface area (Å²) >= 11 is 3.80. The minimum absolute atomic E-state index is 1.26. The van der Waals surface area contributed by atoms with Gasteiger partial charge >= 0.3 is 0 Å². The average molecular weight is 643 g/mol. The maximum Gasteiger partial charge on any atom is 0.0361 e. The second-order valence-electron chi connectivity index (χ2n) is 12.8. The fraction of sp³-hybridized carbons (Fsp3) is 0. The molecule has 222 valence electrons. The van der Waals surface area contributed by atoms with Gasteiger partial charge in [-0.25, -0.2) is 0 Å². The van der Waals surface area contributed by atoms with E-state index in [1.807, 2.05) is 22.7 Å². The molecule has 0 aliphatic heterocycles. The van der Waals surface area contributed by atoms with Gasteiger partial charge in [-0.05, 0) is 102 Å². The Morgan fingerprint density at radius 2 is 0.833 bits per heavy atom. The Hall–Kier alpha value is -5.54. The lowest BCUT2D eigenvalue weighted by molar-refractivity contribution is 1.69. The van der Waals surface area contributed by atoms with E-state index in [0.29, 0.717) is 0 Å². The Morgan fingerprint density at radius 1 is 0.271 bits per heavy atom. The van der Waals surface area contributed by atoms with Crippen molar-refractivity contribution in [2.75, 3.05) is 0 Å². The van der Waals surface area contributed by atoms with Crippen LogP contribution in [0.3, 0.4) is 0 Å². The Kier molecular flexibility index (Phi) is 5.51. The molecule has 0 saturated carbocycles. The van der Waals surface area contributed by atoms with E-state index in [1.165, 1.54) is 106 Å². The molecule has 2 aromatic heterocycles. The summed E-state index contributed by atoms with van der Waals surface area (Å²) in [7, 11) is 0. The number of hydrogen-bond donors (Lipinski definition) is 0. The summed E-state index contributed by atoms with van der Waals surface area (Å²) in [5, 5.41) is 15.8. The van der Waals surface area contributed by atoms with Crippen LogP contribution in [-0.4, -0.2) is 0 Å². The van der Waals surface area contributed by atoms with Gasteiger partial charge in [0.25, 0.3) is 0 Å². The van der Waals surface area contributed by atoms with Crippen molar-refractivity contribution < 1.29 is 0 Å². The molecule has 48 heavy (non-hydrogen) atoms. The smallest absolute Gasteiger partial charge is 0.0361 e. The van der Waals surface area contributed by atoms with Gasteiger partial charge in [-0.1, -0.05) is 121 Å². The standard InChI is InChI=1S/C46H26S2/c1-2-10-28-23-30(18-17-27(28)9-1)44-33-12-3-5-14-35(33)45(36-15-6-4-13-34(36)44)31-19-21-37-42(25-31)48-41-22-20-29-24-43-39(26-38(29)46(37)41)32-11-7-8-16-40(32)47-43/h1-26H. The third-order valence-electron chi connectivity index (χ3n) is 10.2. The first-order valence-electron chi connectivity index (χ1n) is 16.4. The van der Waals surface area contributed by atoms with Crippen molar-refractivity contribution in [3.05, 3.63) is 158 Å². The van der Waals surface area contributed by atoms with Crippen molar-refractivity contribution in [3.63, 3.8) is 0 Å². The molecule has 0 fully saturated rings. The maximum atomic E-state index is 2.44. The van der Waals surface area contributed by atoms with E-state index in [1.54, 1.807) is 0 Å². The summed E-state index contributed by atoms with van der Waals surface area (Å²) in [6.45, 7) is 0. The normalized spacial score (nSPS) is 12.2. The zero-order valence-electron chi connectivity index (χ0n) is 25.8. The lowest BCUT2D eigenvalue weighted by Gasteiger charge is -2.18. The highest BCUT2D eigenvalue weighted by atomic mass is 32.1. The van der Waals surface area contributed by atoms with E-state index in [9.17, 15) is 0 Å². The lowest BCUT2D eigenvalue weighted by atomic mass is 9.85. The Morgan fingerprint density at radius 3 is 1.58 bits per heavy atom. The first kappa shape index (κ1) is 26.5. The van der Waals surface area contributed by atoms with Crippen molar-refractivity contribution in [2.24, 2.45) is 0 Å². The summed E-state index contributed by atoms with van der Waals surface area (Å²) in [5.74, 6) is 0. The van der Waals surface area contributed by atoms with Crippen LogP contribution >= 0.6 is 22.7 Å². The van der Waals surface area contributed by atoms with Crippen LogP contribution in [0.5, 0.6) is 0 Å². The third kappa shape index (κ3) is 3.76. The highest BCUT2D eigenvalue weighted by Gasteiger charge is 2.18. The van der Waals surface area contributed by atoms with Crippen LogP contribution in [0, 0.1) is 0 Å². The summed E-state index contributed by atoms with van der Waals surface area (Å²) in [6, 6.07) is 58.9. The number of hydrogen-bond acceptors (Lipinski definition) is 2. The van der Waals surface area contributed by atoms with Crippen molar-refractivity contribution in [2.45, 2.75) is 0 Å². The van der Waals surface area contributed by atoms with Crippen molar-refractivity contribution in [1.29, 1.82) is 0 Å². The van der Waals surface area contributed by atoms with E-state index in [0.717, 1.165) is 0 Å². The SMILES string of the molecule is c1ccc2cc(-c3c4ccccc4c(-c4ccc5c(c4)sc4ccc6cc7sc8ccccc8c7cc6c45)c4ccccc34)ccc2c1. The van der Waals surface area contributed by atoms with E-state index >= 15 is 0 Å². The maximum absolute atomic E-state index is 2.44. The Labute approximate surface area is 284 Å². The highest BCUT2D eigenvalue weighted by molar-refractivity contribution is 7.26. The predicted molar refractivity (Wildman–Crippen MR) is 213 cm³/mol. The molecular formula is C46H26S2. The van der Waals surface area contributed by atoms with Gasteiger partial charge in [-0.2, -0.15) is 0 Å². The van der Waals surface area contributed by atoms with Crippen LogP contribution in [0.15, 0.2) is 158 Å².